The standard InChI is InChI=1S/C24H17FO5/c25-17-7-9-18(10-8-17)29-22-15-28-21-14-19(11-12-20(21)24(22)27)30-23(26)13-6-16-4-2-1-3-5-16/h1-5,7-12,14-15H,6,13H2. The van der Waals surface area contributed by atoms with Crippen LogP contribution in [0.2, 0.25) is 0 Å². The molecule has 0 atom stereocenters. The number of carbonyl (C=O) groups excluding carboxylic acids is 1. The number of halogens is 1. The second-order valence-electron chi connectivity index (χ2n) is 6.60. The van der Waals surface area contributed by atoms with Crippen LogP contribution in [0, 0.1) is 5.82 Å². The molecule has 0 aliphatic rings. The quantitative estimate of drug-likeness (QED) is 0.324. The van der Waals surface area contributed by atoms with Crippen molar-refractivity contribution in [2.24, 2.45) is 0 Å². The molecule has 0 unspecified atom stereocenters. The van der Waals surface area contributed by atoms with E-state index in [0.717, 1.165) is 5.56 Å². The second-order valence-corrected chi connectivity index (χ2v) is 6.60. The van der Waals surface area contributed by atoms with E-state index in [1.165, 1.54) is 48.7 Å². The van der Waals surface area contributed by atoms with Crippen LogP contribution in [0.1, 0.15) is 12.0 Å². The van der Waals surface area contributed by atoms with E-state index >= 15 is 0 Å². The molecule has 0 radical (unpaired) electrons. The fourth-order valence-corrected chi connectivity index (χ4v) is 2.93. The van der Waals surface area contributed by atoms with Gasteiger partial charge in [0, 0.05) is 12.5 Å². The van der Waals surface area contributed by atoms with Gasteiger partial charge in [-0.2, -0.15) is 0 Å². The highest BCUT2D eigenvalue weighted by Gasteiger charge is 2.12. The molecule has 150 valence electrons. The Hall–Kier alpha value is -3.93. The van der Waals surface area contributed by atoms with Gasteiger partial charge < -0.3 is 13.9 Å². The van der Waals surface area contributed by atoms with E-state index in [1.807, 2.05) is 30.3 Å². The fourth-order valence-electron chi connectivity index (χ4n) is 2.93. The molecule has 0 saturated heterocycles. The van der Waals surface area contributed by atoms with E-state index in [4.69, 9.17) is 13.9 Å². The summed E-state index contributed by atoms with van der Waals surface area (Å²) in [7, 11) is 0. The molecule has 30 heavy (non-hydrogen) atoms. The van der Waals surface area contributed by atoms with Crippen molar-refractivity contribution in [2.75, 3.05) is 0 Å². The Kier molecular flexibility index (Phi) is 5.57. The first-order chi connectivity index (χ1) is 14.6. The summed E-state index contributed by atoms with van der Waals surface area (Å²) in [5.41, 5.74) is 0.926. The third-order valence-corrected chi connectivity index (χ3v) is 4.45. The minimum absolute atomic E-state index is 0.0262. The Morgan fingerprint density at radius 3 is 2.43 bits per heavy atom. The zero-order valence-corrected chi connectivity index (χ0v) is 15.8. The SMILES string of the molecule is O=C(CCc1ccccc1)Oc1ccc2c(=O)c(Oc3ccc(F)cc3)coc2c1. The number of esters is 1. The van der Waals surface area contributed by atoms with Crippen molar-refractivity contribution in [1.29, 1.82) is 0 Å². The van der Waals surface area contributed by atoms with E-state index < -0.39 is 5.82 Å². The van der Waals surface area contributed by atoms with Gasteiger partial charge in [0.2, 0.25) is 11.2 Å². The number of ether oxygens (including phenoxy) is 2. The number of hydrogen-bond donors (Lipinski definition) is 0. The molecule has 0 amide bonds. The molecule has 0 aliphatic heterocycles. The molecular formula is C24H17FO5. The van der Waals surface area contributed by atoms with Crippen molar-refractivity contribution in [2.45, 2.75) is 12.8 Å². The Labute approximate surface area is 171 Å². The first-order valence-electron chi connectivity index (χ1n) is 9.32. The first kappa shape index (κ1) is 19.4. The van der Waals surface area contributed by atoms with Gasteiger partial charge in [0.25, 0.3) is 0 Å². The Morgan fingerprint density at radius 1 is 0.933 bits per heavy atom. The summed E-state index contributed by atoms with van der Waals surface area (Å²) in [6, 6.07) is 19.5. The number of carbonyl (C=O) groups is 1. The molecule has 0 spiro atoms. The van der Waals surface area contributed by atoms with Gasteiger partial charge in [-0.15, -0.1) is 0 Å². The average molecular weight is 404 g/mol. The number of rotatable bonds is 6. The molecule has 4 aromatic rings. The molecule has 1 heterocycles. The molecule has 6 heteroatoms. The van der Waals surface area contributed by atoms with E-state index in [9.17, 15) is 14.0 Å². The first-order valence-corrected chi connectivity index (χ1v) is 9.32. The van der Waals surface area contributed by atoms with Crippen molar-refractivity contribution in [3.63, 3.8) is 0 Å². The van der Waals surface area contributed by atoms with Crippen molar-refractivity contribution >= 4 is 16.9 Å². The third kappa shape index (κ3) is 4.55. The summed E-state index contributed by atoms with van der Waals surface area (Å²) >= 11 is 0. The van der Waals surface area contributed by atoms with Crippen LogP contribution in [0.15, 0.2) is 88.3 Å². The van der Waals surface area contributed by atoms with Crippen LogP contribution < -0.4 is 14.9 Å². The summed E-state index contributed by atoms with van der Waals surface area (Å²) < 4.78 is 29.3. The van der Waals surface area contributed by atoms with Crippen molar-refractivity contribution < 1.29 is 23.1 Å². The molecule has 0 saturated carbocycles. The van der Waals surface area contributed by atoms with Gasteiger partial charge in [-0.25, -0.2) is 4.39 Å². The highest BCUT2D eigenvalue weighted by atomic mass is 19.1. The number of hydrogen-bond acceptors (Lipinski definition) is 5. The van der Waals surface area contributed by atoms with Gasteiger partial charge >= 0.3 is 5.97 Å². The minimum Gasteiger partial charge on any atom is -0.460 e. The lowest BCUT2D eigenvalue weighted by molar-refractivity contribution is -0.134. The highest BCUT2D eigenvalue weighted by Crippen LogP contribution is 2.24. The monoisotopic (exact) mass is 404 g/mol. The van der Waals surface area contributed by atoms with Crippen LogP contribution in [-0.2, 0) is 11.2 Å². The predicted molar refractivity (Wildman–Crippen MR) is 109 cm³/mol. The predicted octanol–water partition coefficient (Wildman–Crippen LogP) is 5.26. The van der Waals surface area contributed by atoms with Crippen LogP contribution in [0.4, 0.5) is 4.39 Å². The van der Waals surface area contributed by atoms with Gasteiger partial charge in [-0.3, -0.25) is 9.59 Å². The van der Waals surface area contributed by atoms with E-state index in [0.29, 0.717) is 12.2 Å². The van der Waals surface area contributed by atoms with Crippen LogP contribution in [0.25, 0.3) is 11.0 Å². The fraction of sp³-hybridized carbons (Fsp3) is 0.0833. The minimum atomic E-state index is -0.404. The summed E-state index contributed by atoms with van der Waals surface area (Å²) in [6.07, 6.45) is 1.98. The molecule has 1 aromatic heterocycles. The maximum atomic E-state index is 13.0. The largest absolute Gasteiger partial charge is 0.460 e. The summed E-state index contributed by atoms with van der Waals surface area (Å²) in [5, 5.41) is 0.277. The smallest absolute Gasteiger partial charge is 0.311 e. The van der Waals surface area contributed by atoms with Crippen LogP contribution >= 0.6 is 0 Å². The van der Waals surface area contributed by atoms with Crippen molar-refractivity contribution in [1.82, 2.24) is 0 Å². The maximum Gasteiger partial charge on any atom is 0.311 e. The summed E-state index contributed by atoms with van der Waals surface area (Å²) in [5.74, 6) is -0.208. The molecule has 0 N–H and O–H groups in total. The highest BCUT2D eigenvalue weighted by molar-refractivity contribution is 5.80. The van der Waals surface area contributed by atoms with E-state index in [-0.39, 0.29) is 40.3 Å². The molecule has 3 aromatic carbocycles. The average Bonchev–Trinajstić information content (AvgIpc) is 2.76. The molecule has 0 bridgehead atoms. The Morgan fingerprint density at radius 2 is 1.67 bits per heavy atom. The van der Waals surface area contributed by atoms with Gasteiger partial charge in [0.05, 0.1) is 5.39 Å². The maximum absolute atomic E-state index is 13.0. The Balaban J connectivity index is 1.47. The lowest BCUT2D eigenvalue weighted by atomic mass is 10.1. The Bertz CT molecular complexity index is 1230. The van der Waals surface area contributed by atoms with Crippen LogP contribution in [0.3, 0.4) is 0 Å². The molecular weight excluding hydrogens is 387 g/mol. The molecule has 5 nitrogen and oxygen atoms in total. The number of fused-ring (bicyclic) bond motifs is 1. The zero-order chi connectivity index (χ0) is 20.9. The van der Waals surface area contributed by atoms with Crippen LogP contribution in [0.5, 0.6) is 17.2 Å². The van der Waals surface area contributed by atoms with Gasteiger partial charge in [-0.1, -0.05) is 30.3 Å². The van der Waals surface area contributed by atoms with E-state index in [2.05, 4.69) is 0 Å². The third-order valence-electron chi connectivity index (χ3n) is 4.45. The van der Waals surface area contributed by atoms with Crippen LogP contribution in [-0.4, -0.2) is 5.97 Å². The van der Waals surface area contributed by atoms with Gasteiger partial charge in [0.15, 0.2) is 0 Å². The second kappa shape index (κ2) is 8.61. The van der Waals surface area contributed by atoms with Crippen molar-refractivity contribution in [3.05, 3.63) is 101 Å². The lowest BCUT2D eigenvalue weighted by Crippen LogP contribution is -2.09. The summed E-state index contributed by atoms with van der Waals surface area (Å²) in [4.78, 5) is 24.7. The van der Waals surface area contributed by atoms with Crippen molar-refractivity contribution in [3.8, 4) is 17.2 Å². The lowest BCUT2D eigenvalue weighted by Gasteiger charge is -2.07. The summed E-state index contributed by atoms with van der Waals surface area (Å²) in [6.45, 7) is 0. The number of aryl methyl sites for hydroxylation is 1. The van der Waals surface area contributed by atoms with E-state index in [1.54, 1.807) is 0 Å². The topological polar surface area (TPSA) is 65.7 Å². The molecule has 0 aliphatic carbocycles. The number of benzene rings is 3. The molecule has 0 fully saturated rings. The zero-order valence-electron chi connectivity index (χ0n) is 15.8. The van der Waals surface area contributed by atoms with Gasteiger partial charge in [-0.05, 0) is 48.4 Å². The normalized spacial score (nSPS) is 10.7. The molecule has 4 rings (SSSR count). The van der Waals surface area contributed by atoms with Gasteiger partial charge in [0.1, 0.15) is 29.2 Å².